The molecule has 0 fully saturated rings. The summed E-state index contributed by atoms with van der Waals surface area (Å²) in [5, 5.41) is 0. The van der Waals surface area contributed by atoms with Gasteiger partial charge in [0.2, 0.25) is 0 Å². The van der Waals surface area contributed by atoms with Crippen LogP contribution in [-0.4, -0.2) is 37.0 Å². The highest BCUT2D eigenvalue weighted by Gasteiger charge is 2.23. The topological polar surface area (TPSA) is 0 Å². The lowest BCUT2D eigenvalue weighted by Gasteiger charge is -2.16. The Kier molecular flexibility index (Phi) is 11.0. The maximum absolute atomic E-state index is 13.5. The fourth-order valence-corrected chi connectivity index (χ4v) is 3.08. The standard InChI is InChI=1S/C14H27F4P/c1-4-10(2)7-8-19-9-14(18)13(17)6-5-12(16)11(3)15/h10-14,19H,4-9H2,1-3H3. The molecule has 116 valence electrons. The maximum Gasteiger partial charge on any atom is 0.135 e. The lowest BCUT2D eigenvalue weighted by Crippen LogP contribution is -2.23. The molecule has 5 heteroatoms. The van der Waals surface area contributed by atoms with Crippen molar-refractivity contribution in [3.8, 4) is 0 Å². The van der Waals surface area contributed by atoms with Crippen LogP contribution in [0.2, 0.25) is 0 Å². The molecule has 0 aromatic heterocycles. The molecule has 0 saturated carbocycles. The smallest absolute Gasteiger partial charge is 0.135 e. The molecule has 0 radical (unpaired) electrons. The van der Waals surface area contributed by atoms with Crippen LogP contribution in [-0.2, 0) is 0 Å². The van der Waals surface area contributed by atoms with Gasteiger partial charge < -0.3 is 0 Å². The molecule has 0 amide bonds. The Morgan fingerprint density at radius 2 is 1.42 bits per heavy atom. The highest BCUT2D eigenvalue weighted by Crippen LogP contribution is 2.24. The normalized spacial score (nSPS) is 20.4. The number of hydrogen-bond donors (Lipinski definition) is 0. The van der Waals surface area contributed by atoms with Crippen molar-refractivity contribution in [1.82, 2.24) is 0 Å². The van der Waals surface area contributed by atoms with Crippen molar-refractivity contribution in [1.29, 1.82) is 0 Å². The highest BCUT2D eigenvalue weighted by molar-refractivity contribution is 7.38. The van der Waals surface area contributed by atoms with Crippen molar-refractivity contribution < 1.29 is 17.6 Å². The highest BCUT2D eigenvalue weighted by atomic mass is 31.1. The monoisotopic (exact) mass is 302 g/mol. The summed E-state index contributed by atoms with van der Waals surface area (Å²) in [6.45, 7) is 5.36. The van der Waals surface area contributed by atoms with E-state index in [0.717, 1.165) is 25.9 Å². The van der Waals surface area contributed by atoms with E-state index in [-0.39, 0.29) is 19.0 Å². The molecule has 6 atom stereocenters. The van der Waals surface area contributed by atoms with Gasteiger partial charge in [0.15, 0.2) is 0 Å². The van der Waals surface area contributed by atoms with Crippen molar-refractivity contribution in [2.75, 3.05) is 12.3 Å². The lowest BCUT2D eigenvalue weighted by molar-refractivity contribution is 0.129. The minimum absolute atomic E-state index is 0.208. The molecule has 19 heavy (non-hydrogen) atoms. The van der Waals surface area contributed by atoms with Crippen LogP contribution in [0, 0.1) is 5.92 Å². The fourth-order valence-electron chi connectivity index (χ4n) is 1.65. The summed E-state index contributed by atoms with van der Waals surface area (Å²) in [6.07, 6.45) is -3.66. The Labute approximate surface area is 116 Å². The van der Waals surface area contributed by atoms with Crippen LogP contribution in [0.3, 0.4) is 0 Å². The minimum atomic E-state index is -1.68. The van der Waals surface area contributed by atoms with Crippen molar-refractivity contribution in [3.05, 3.63) is 0 Å². The Morgan fingerprint density at radius 3 is 1.95 bits per heavy atom. The Balaban J connectivity index is 3.67. The van der Waals surface area contributed by atoms with Crippen LogP contribution in [0.1, 0.15) is 46.5 Å². The second-order valence-corrected chi connectivity index (χ2v) is 6.72. The van der Waals surface area contributed by atoms with E-state index in [4.69, 9.17) is 0 Å². The average molecular weight is 302 g/mol. The quantitative estimate of drug-likeness (QED) is 0.278. The Bertz CT molecular complexity index is 214. The zero-order valence-electron chi connectivity index (χ0n) is 12.1. The van der Waals surface area contributed by atoms with E-state index >= 15 is 0 Å². The van der Waals surface area contributed by atoms with Crippen LogP contribution in [0.5, 0.6) is 0 Å². The van der Waals surface area contributed by atoms with Crippen LogP contribution >= 0.6 is 8.58 Å². The summed E-state index contributed by atoms with van der Waals surface area (Å²) in [6, 6.07) is 0. The first-order valence-corrected chi connectivity index (χ1v) is 8.56. The number of alkyl halides is 4. The average Bonchev–Trinajstić information content (AvgIpc) is 2.39. The predicted molar refractivity (Wildman–Crippen MR) is 76.6 cm³/mol. The molecule has 0 nitrogen and oxygen atoms in total. The van der Waals surface area contributed by atoms with E-state index in [9.17, 15) is 17.6 Å². The van der Waals surface area contributed by atoms with Gasteiger partial charge in [0.05, 0.1) is 0 Å². The minimum Gasteiger partial charge on any atom is -0.245 e. The van der Waals surface area contributed by atoms with Gasteiger partial charge in [-0.3, -0.25) is 0 Å². The van der Waals surface area contributed by atoms with Crippen LogP contribution in [0.15, 0.2) is 0 Å². The summed E-state index contributed by atoms with van der Waals surface area (Å²) in [4.78, 5) is 0. The zero-order chi connectivity index (χ0) is 14.8. The molecule has 6 unspecified atom stereocenters. The van der Waals surface area contributed by atoms with Crippen LogP contribution < -0.4 is 0 Å². The summed E-state index contributed by atoms with van der Waals surface area (Å²) >= 11 is 0. The van der Waals surface area contributed by atoms with E-state index in [0.29, 0.717) is 14.5 Å². The second kappa shape index (κ2) is 10.9. The van der Waals surface area contributed by atoms with Gasteiger partial charge in [-0.25, -0.2) is 17.6 Å². The van der Waals surface area contributed by atoms with Gasteiger partial charge in [0, 0.05) is 0 Å². The SMILES string of the molecule is CCC(C)CCPCC(F)C(F)CCC(F)C(C)F. The molecule has 0 saturated heterocycles. The molecule has 0 heterocycles. The van der Waals surface area contributed by atoms with E-state index in [1.54, 1.807) is 0 Å². The summed E-state index contributed by atoms with van der Waals surface area (Å²) in [5.41, 5.74) is 0. The molecule has 0 aliphatic heterocycles. The van der Waals surface area contributed by atoms with Gasteiger partial charge in [0.1, 0.15) is 24.7 Å². The third-order valence-electron chi connectivity index (χ3n) is 3.46. The van der Waals surface area contributed by atoms with Gasteiger partial charge in [-0.05, 0) is 44.4 Å². The molecular formula is C14H27F4P. The Hall–Kier alpha value is 0.150. The zero-order valence-corrected chi connectivity index (χ0v) is 13.1. The molecule has 0 N–H and O–H groups in total. The van der Waals surface area contributed by atoms with Gasteiger partial charge in [0.25, 0.3) is 0 Å². The first-order chi connectivity index (χ1) is 8.88. The maximum atomic E-state index is 13.5. The second-order valence-electron chi connectivity index (χ2n) is 5.31. The number of halogens is 4. The largest absolute Gasteiger partial charge is 0.245 e. The number of hydrogen-bond acceptors (Lipinski definition) is 0. The number of rotatable bonds is 11. The van der Waals surface area contributed by atoms with Crippen molar-refractivity contribution in [3.63, 3.8) is 0 Å². The van der Waals surface area contributed by atoms with Crippen molar-refractivity contribution >= 4 is 8.58 Å². The molecule has 0 aliphatic rings. The Morgan fingerprint density at radius 1 is 0.842 bits per heavy atom. The molecule has 0 aromatic rings. The van der Waals surface area contributed by atoms with E-state index < -0.39 is 24.7 Å². The predicted octanol–water partition coefficient (Wildman–Crippen LogP) is 5.25. The van der Waals surface area contributed by atoms with Gasteiger partial charge in [-0.2, -0.15) is 0 Å². The molecule has 0 spiro atoms. The van der Waals surface area contributed by atoms with E-state index in [1.807, 2.05) is 0 Å². The van der Waals surface area contributed by atoms with Crippen molar-refractivity contribution in [2.24, 2.45) is 5.92 Å². The third kappa shape index (κ3) is 9.65. The third-order valence-corrected chi connectivity index (χ3v) is 4.78. The molecule has 0 bridgehead atoms. The molecule has 0 rings (SSSR count). The summed E-state index contributed by atoms with van der Waals surface area (Å²) < 4.78 is 52.3. The first kappa shape index (κ1) is 19.1. The van der Waals surface area contributed by atoms with Crippen LogP contribution in [0.4, 0.5) is 17.6 Å². The van der Waals surface area contributed by atoms with Gasteiger partial charge in [-0.1, -0.05) is 20.3 Å². The molecule has 0 aromatic carbocycles. The van der Waals surface area contributed by atoms with Gasteiger partial charge >= 0.3 is 0 Å². The first-order valence-electron chi connectivity index (χ1n) is 7.15. The summed E-state index contributed by atoms with van der Waals surface area (Å²) in [5.74, 6) is 0.630. The fraction of sp³-hybridized carbons (Fsp3) is 1.00. The summed E-state index contributed by atoms with van der Waals surface area (Å²) in [7, 11) is 0.413. The van der Waals surface area contributed by atoms with Gasteiger partial charge in [-0.15, -0.1) is 8.58 Å². The van der Waals surface area contributed by atoms with Crippen molar-refractivity contribution in [2.45, 2.75) is 71.1 Å². The van der Waals surface area contributed by atoms with Crippen LogP contribution in [0.25, 0.3) is 0 Å². The van der Waals surface area contributed by atoms with E-state index in [1.165, 1.54) is 0 Å². The van der Waals surface area contributed by atoms with E-state index in [2.05, 4.69) is 13.8 Å². The lowest BCUT2D eigenvalue weighted by atomic mass is 10.1. The molecule has 0 aliphatic carbocycles. The molecular weight excluding hydrogens is 275 g/mol.